The summed E-state index contributed by atoms with van der Waals surface area (Å²) in [7, 11) is 4.02. The van der Waals surface area contributed by atoms with E-state index in [-0.39, 0.29) is 29.3 Å². The molecule has 1 saturated heterocycles. The zero-order valence-corrected chi connectivity index (χ0v) is 17.2. The summed E-state index contributed by atoms with van der Waals surface area (Å²) in [4.78, 5) is 24.7. The van der Waals surface area contributed by atoms with Gasteiger partial charge in [0.1, 0.15) is 11.9 Å². The number of carbonyl (C=O) groups is 2. The standard InChI is InChI=1S/C20H23F2N3O5/c1-9-10(2)30-18(15(9)11-6-7-12(21)16(22)17(11)28-4)19(26)23-14-8-13(20(27)29-5)24-25(14)3/h6-10,15,18H,1-5H3,(H,23,26)/t9-,10-,15+,18-/m1/s1. The van der Waals surface area contributed by atoms with E-state index in [0.29, 0.717) is 5.56 Å². The van der Waals surface area contributed by atoms with E-state index < -0.39 is 35.5 Å². The number of anilines is 1. The molecule has 2 aromatic rings. The van der Waals surface area contributed by atoms with E-state index in [1.807, 2.05) is 6.92 Å². The number of benzene rings is 1. The van der Waals surface area contributed by atoms with Crippen LogP contribution in [0.25, 0.3) is 0 Å². The van der Waals surface area contributed by atoms with Crippen molar-refractivity contribution in [2.24, 2.45) is 13.0 Å². The molecule has 0 spiro atoms. The van der Waals surface area contributed by atoms with E-state index in [9.17, 15) is 18.4 Å². The SMILES string of the molecule is COC(=O)c1cc(NC(=O)[C@@H]2O[C@H](C)[C@@H](C)[C@H]2c2ccc(F)c(F)c2OC)n(C)n1. The van der Waals surface area contributed by atoms with Crippen molar-refractivity contribution in [2.45, 2.75) is 32.0 Å². The molecule has 0 radical (unpaired) electrons. The molecule has 1 aliphatic rings. The number of hydrogen-bond donors (Lipinski definition) is 1. The molecular weight excluding hydrogens is 400 g/mol. The Morgan fingerprint density at radius 3 is 2.57 bits per heavy atom. The molecule has 0 saturated carbocycles. The molecule has 1 fully saturated rings. The third-order valence-electron chi connectivity index (χ3n) is 5.42. The third-order valence-corrected chi connectivity index (χ3v) is 5.42. The highest BCUT2D eigenvalue weighted by atomic mass is 19.2. The summed E-state index contributed by atoms with van der Waals surface area (Å²) in [5.74, 6) is -4.08. The zero-order chi connectivity index (χ0) is 22.2. The maximum Gasteiger partial charge on any atom is 0.358 e. The second kappa shape index (κ2) is 8.39. The largest absolute Gasteiger partial charge is 0.493 e. The van der Waals surface area contributed by atoms with Gasteiger partial charge < -0.3 is 19.5 Å². The van der Waals surface area contributed by atoms with Gasteiger partial charge in [0.2, 0.25) is 5.82 Å². The number of nitrogens with zero attached hydrogens (tertiary/aromatic N) is 2. The Bertz CT molecular complexity index is 978. The molecule has 2 heterocycles. The molecule has 0 bridgehead atoms. The van der Waals surface area contributed by atoms with Crippen LogP contribution in [0.15, 0.2) is 18.2 Å². The summed E-state index contributed by atoms with van der Waals surface area (Å²) in [5.41, 5.74) is 0.372. The highest BCUT2D eigenvalue weighted by molar-refractivity contribution is 5.96. The van der Waals surface area contributed by atoms with Gasteiger partial charge >= 0.3 is 5.97 Å². The normalized spacial score (nSPS) is 23.3. The minimum absolute atomic E-state index is 0.0307. The maximum atomic E-state index is 14.3. The van der Waals surface area contributed by atoms with Gasteiger partial charge in [-0.3, -0.25) is 9.48 Å². The van der Waals surface area contributed by atoms with E-state index in [0.717, 1.165) is 6.07 Å². The minimum atomic E-state index is -1.12. The van der Waals surface area contributed by atoms with Gasteiger partial charge in [0.05, 0.1) is 20.3 Å². The molecule has 0 aliphatic carbocycles. The predicted molar refractivity (Wildman–Crippen MR) is 102 cm³/mol. The van der Waals surface area contributed by atoms with Gasteiger partial charge in [-0.25, -0.2) is 9.18 Å². The second-order valence-corrected chi connectivity index (χ2v) is 7.15. The number of halogens is 2. The quantitative estimate of drug-likeness (QED) is 0.744. The lowest BCUT2D eigenvalue weighted by Crippen LogP contribution is -2.33. The summed E-state index contributed by atoms with van der Waals surface area (Å²) < 4.78 is 44.9. The number of aromatic nitrogens is 2. The van der Waals surface area contributed by atoms with Gasteiger partial charge in [0.15, 0.2) is 17.3 Å². The topological polar surface area (TPSA) is 91.7 Å². The molecule has 162 valence electrons. The molecule has 3 rings (SSSR count). The number of hydrogen-bond acceptors (Lipinski definition) is 6. The monoisotopic (exact) mass is 423 g/mol. The average Bonchev–Trinajstić information content (AvgIpc) is 3.23. The summed E-state index contributed by atoms with van der Waals surface area (Å²) in [6.07, 6.45) is -1.31. The minimum Gasteiger partial charge on any atom is -0.493 e. The Balaban J connectivity index is 1.93. The molecule has 8 nitrogen and oxygen atoms in total. The third kappa shape index (κ3) is 3.74. The molecular formula is C20H23F2N3O5. The molecule has 0 unspecified atom stereocenters. The van der Waals surface area contributed by atoms with Crippen molar-refractivity contribution < 1.29 is 32.6 Å². The van der Waals surface area contributed by atoms with Crippen LogP contribution in [0.2, 0.25) is 0 Å². The van der Waals surface area contributed by atoms with Gasteiger partial charge in [0, 0.05) is 24.6 Å². The number of methoxy groups -OCH3 is 2. The van der Waals surface area contributed by atoms with Crippen LogP contribution in [0, 0.1) is 17.6 Å². The average molecular weight is 423 g/mol. The van der Waals surface area contributed by atoms with Crippen LogP contribution < -0.4 is 10.1 Å². The van der Waals surface area contributed by atoms with Crippen LogP contribution in [0.5, 0.6) is 5.75 Å². The summed E-state index contributed by atoms with van der Waals surface area (Å²) >= 11 is 0. The highest BCUT2D eigenvalue weighted by Crippen LogP contribution is 2.44. The number of esters is 1. The van der Waals surface area contributed by atoms with Gasteiger partial charge in [0.25, 0.3) is 5.91 Å². The molecule has 1 N–H and O–H groups in total. The van der Waals surface area contributed by atoms with Crippen LogP contribution in [0.4, 0.5) is 14.6 Å². The molecule has 10 heteroatoms. The van der Waals surface area contributed by atoms with Gasteiger partial charge in [-0.15, -0.1) is 0 Å². The fourth-order valence-electron chi connectivity index (χ4n) is 3.68. The molecule has 1 aromatic heterocycles. The van der Waals surface area contributed by atoms with E-state index in [1.54, 1.807) is 14.0 Å². The van der Waals surface area contributed by atoms with Crippen molar-refractivity contribution in [2.75, 3.05) is 19.5 Å². The molecule has 1 aliphatic heterocycles. The lowest BCUT2D eigenvalue weighted by Gasteiger charge is -2.23. The number of carbonyl (C=O) groups excluding carboxylic acids is 2. The lowest BCUT2D eigenvalue weighted by atomic mass is 9.82. The molecule has 4 atom stereocenters. The number of aryl methyl sites for hydroxylation is 1. The summed E-state index contributed by atoms with van der Waals surface area (Å²) in [6.45, 7) is 3.67. The van der Waals surface area contributed by atoms with E-state index in [4.69, 9.17) is 9.47 Å². The number of amides is 1. The highest BCUT2D eigenvalue weighted by Gasteiger charge is 2.46. The maximum absolute atomic E-state index is 14.3. The van der Waals surface area contributed by atoms with Crippen molar-refractivity contribution >= 4 is 17.7 Å². The Labute approximate surface area is 172 Å². The lowest BCUT2D eigenvalue weighted by molar-refractivity contribution is -0.127. The van der Waals surface area contributed by atoms with Crippen LogP contribution in [-0.2, 0) is 21.3 Å². The van der Waals surface area contributed by atoms with Crippen LogP contribution in [-0.4, -0.2) is 48.1 Å². The Morgan fingerprint density at radius 2 is 1.93 bits per heavy atom. The van der Waals surface area contributed by atoms with Gasteiger partial charge in [-0.1, -0.05) is 13.0 Å². The first kappa shape index (κ1) is 21.7. The van der Waals surface area contributed by atoms with E-state index >= 15 is 0 Å². The fourth-order valence-corrected chi connectivity index (χ4v) is 3.68. The second-order valence-electron chi connectivity index (χ2n) is 7.15. The van der Waals surface area contributed by atoms with Crippen molar-refractivity contribution in [3.05, 3.63) is 41.1 Å². The van der Waals surface area contributed by atoms with E-state index in [2.05, 4.69) is 15.2 Å². The molecule has 1 amide bonds. The Kier molecular flexibility index (Phi) is 6.06. The number of ether oxygens (including phenoxy) is 3. The van der Waals surface area contributed by atoms with Gasteiger partial charge in [-0.05, 0) is 18.9 Å². The van der Waals surface area contributed by atoms with Crippen molar-refractivity contribution in [1.82, 2.24) is 9.78 Å². The Morgan fingerprint density at radius 1 is 1.23 bits per heavy atom. The fraction of sp³-hybridized carbons (Fsp3) is 0.450. The first-order chi connectivity index (χ1) is 14.2. The number of rotatable bonds is 5. The smallest absolute Gasteiger partial charge is 0.358 e. The first-order valence-electron chi connectivity index (χ1n) is 9.30. The summed E-state index contributed by atoms with van der Waals surface area (Å²) in [5, 5.41) is 6.67. The molecule has 30 heavy (non-hydrogen) atoms. The van der Waals surface area contributed by atoms with Crippen molar-refractivity contribution in [3.63, 3.8) is 0 Å². The van der Waals surface area contributed by atoms with Crippen LogP contribution in [0.1, 0.15) is 35.8 Å². The predicted octanol–water partition coefficient (Wildman–Crippen LogP) is 2.64. The van der Waals surface area contributed by atoms with Crippen LogP contribution in [0.3, 0.4) is 0 Å². The van der Waals surface area contributed by atoms with Crippen molar-refractivity contribution in [1.29, 1.82) is 0 Å². The Hall–Kier alpha value is -3.01. The van der Waals surface area contributed by atoms with Gasteiger partial charge in [-0.2, -0.15) is 9.49 Å². The first-order valence-corrected chi connectivity index (χ1v) is 9.30. The number of nitrogens with one attached hydrogen (secondary N) is 1. The van der Waals surface area contributed by atoms with Crippen molar-refractivity contribution in [3.8, 4) is 5.75 Å². The van der Waals surface area contributed by atoms with Crippen LogP contribution >= 0.6 is 0 Å². The molecule has 1 aromatic carbocycles. The summed E-state index contributed by atoms with van der Waals surface area (Å²) in [6, 6.07) is 3.78. The van der Waals surface area contributed by atoms with E-state index in [1.165, 1.54) is 31.0 Å². The zero-order valence-electron chi connectivity index (χ0n) is 17.2.